The normalized spacial score (nSPS) is 14.4. The highest BCUT2D eigenvalue weighted by Gasteiger charge is 2.23. The Bertz CT molecular complexity index is 1790. The zero-order chi connectivity index (χ0) is 24.8. The highest BCUT2D eigenvalue weighted by molar-refractivity contribution is 6.12. The maximum atomic E-state index is 4.43. The predicted octanol–water partition coefficient (Wildman–Crippen LogP) is 8.46. The van der Waals surface area contributed by atoms with Crippen molar-refractivity contribution in [1.82, 2.24) is 0 Å². The second kappa shape index (κ2) is 8.81. The molecule has 0 bridgehead atoms. The van der Waals surface area contributed by atoms with E-state index in [-0.39, 0.29) is 0 Å². The van der Waals surface area contributed by atoms with Crippen LogP contribution in [0.25, 0.3) is 69.1 Å². The lowest BCUT2D eigenvalue weighted by molar-refractivity contribution is 1.04. The van der Waals surface area contributed by atoms with E-state index in [1.54, 1.807) is 0 Å². The van der Waals surface area contributed by atoms with Gasteiger partial charge in [-0.1, -0.05) is 105 Å². The molecule has 4 aromatic rings. The van der Waals surface area contributed by atoms with Gasteiger partial charge in [-0.15, -0.1) is 0 Å². The van der Waals surface area contributed by atoms with E-state index >= 15 is 0 Å². The summed E-state index contributed by atoms with van der Waals surface area (Å²) in [4.78, 5) is 0. The van der Waals surface area contributed by atoms with Gasteiger partial charge in [-0.2, -0.15) is 0 Å². The molecule has 0 N–H and O–H groups in total. The van der Waals surface area contributed by atoms with Gasteiger partial charge in [-0.05, 0) is 108 Å². The Morgan fingerprint density at radius 3 is 2.14 bits per heavy atom. The summed E-state index contributed by atoms with van der Waals surface area (Å²) in [6, 6.07) is 15.6. The average molecular weight is 463 g/mol. The third kappa shape index (κ3) is 3.22. The second-order valence-electron chi connectivity index (χ2n) is 9.70. The molecule has 0 amide bonds. The molecule has 6 rings (SSSR count). The summed E-state index contributed by atoms with van der Waals surface area (Å²) < 4.78 is 0. The molecule has 0 saturated carbocycles. The van der Waals surface area contributed by atoms with E-state index in [4.69, 9.17) is 0 Å². The Morgan fingerprint density at radius 2 is 1.44 bits per heavy atom. The molecular formula is C36H30. The number of benzene rings is 4. The first-order chi connectivity index (χ1) is 17.7. The molecule has 0 aliphatic heterocycles. The summed E-state index contributed by atoms with van der Waals surface area (Å²) in [6.07, 6.45) is 19.2. The van der Waals surface area contributed by atoms with Crippen molar-refractivity contribution < 1.29 is 0 Å². The number of hydrogen-bond donors (Lipinski definition) is 0. The monoisotopic (exact) mass is 462 g/mol. The van der Waals surface area contributed by atoms with Crippen LogP contribution < -0.4 is 10.4 Å². The molecule has 0 unspecified atom stereocenters. The first-order valence-electron chi connectivity index (χ1n) is 12.8. The minimum atomic E-state index is 1.03. The van der Waals surface area contributed by atoms with Gasteiger partial charge in [0.15, 0.2) is 0 Å². The molecule has 0 heteroatoms. The molecule has 0 spiro atoms. The average Bonchev–Trinajstić information content (AvgIpc) is 2.93. The Labute approximate surface area is 213 Å². The standard InChI is InChI=1S/C36H30/c1-5-27-28(6-2)36(31-19-12-11-18-30(31)35(27)24-14-9-8-10-15-24)32-22-26-17-13-16-25-21-20-23(4)33(34(25)26)29(32)7-3/h5-9,11-12,14,16,18-22H,1-4,10,13,15,17H2. The largest absolute Gasteiger partial charge is 0.0984 e. The fraction of sp³-hybridized carbons (Fsp3) is 0.111. The molecule has 0 atom stereocenters. The van der Waals surface area contributed by atoms with Crippen LogP contribution in [0.3, 0.4) is 0 Å². The topological polar surface area (TPSA) is 0 Å². The molecule has 2 aliphatic carbocycles. The van der Waals surface area contributed by atoms with E-state index in [2.05, 4.69) is 93.1 Å². The van der Waals surface area contributed by atoms with E-state index in [0.29, 0.717) is 0 Å². The number of allylic oxidation sites excluding steroid dienone is 4. The van der Waals surface area contributed by atoms with Crippen LogP contribution in [0, 0.1) is 0 Å². The summed E-state index contributed by atoms with van der Waals surface area (Å²) in [6.45, 7) is 17.3. The van der Waals surface area contributed by atoms with Crippen molar-refractivity contribution in [2.75, 3.05) is 0 Å². The summed E-state index contributed by atoms with van der Waals surface area (Å²) in [7, 11) is 0. The smallest absolute Gasteiger partial charge is 0.00202 e. The molecule has 36 heavy (non-hydrogen) atoms. The molecule has 2 aliphatic rings. The Morgan fingerprint density at radius 1 is 0.722 bits per heavy atom. The van der Waals surface area contributed by atoms with Gasteiger partial charge in [0.25, 0.3) is 0 Å². The molecule has 0 saturated heterocycles. The van der Waals surface area contributed by atoms with Crippen molar-refractivity contribution in [3.8, 4) is 11.1 Å². The van der Waals surface area contributed by atoms with Crippen molar-refractivity contribution in [2.24, 2.45) is 0 Å². The van der Waals surface area contributed by atoms with Gasteiger partial charge >= 0.3 is 0 Å². The maximum Gasteiger partial charge on any atom is -0.00202 e. The molecule has 0 fully saturated rings. The Hall–Kier alpha value is -4.16. The number of hydrogen-bond acceptors (Lipinski definition) is 0. The number of aryl methyl sites for hydroxylation is 1. The summed E-state index contributed by atoms with van der Waals surface area (Å²) in [5.74, 6) is 0. The van der Waals surface area contributed by atoms with Crippen molar-refractivity contribution in [3.63, 3.8) is 0 Å². The molecule has 4 aromatic carbocycles. The lowest BCUT2D eigenvalue weighted by Crippen LogP contribution is -2.17. The molecule has 174 valence electrons. The van der Waals surface area contributed by atoms with Gasteiger partial charge < -0.3 is 0 Å². The van der Waals surface area contributed by atoms with E-state index in [1.807, 2.05) is 18.2 Å². The van der Waals surface area contributed by atoms with Crippen LogP contribution in [-0.4, -0.2) is 0 Å². The molecule has 0 aromatic heterocycles. The molecular weight excluding hydrogens is 432 g/mol. The van der Waals surface area contributed by atoms with E-state index in [9.17, 15) is 0 Å². The zero-order valence-corrected chi connectivity index (χ0v) is 20.7. The lowest BCUT2D eigenvalue weighted by atomic mass is 9.79. The predicted molar refractivity (Wildman–Crippen MR) is 161 cm³/mol. The second-order valence-corrected chi connectivity index (χ2v) is 9.70. The number of rotatable bonds is 5. The molecule has 0 nitrogen and oxygen atoms in total. The van der Waals surface area contributed by atoms with E-state index in [0.717, 1.165) is 47.6 Å². The minimum absolute atomic E-state index is 1.03. The van der Waals surface area contributed by atoms with Crippen LogP contribution in [0.2, 0.25) is 0 Å². The van der Waals surface area contributed by atoms with Gasteiger partial charge in [0, 0.05) is 0 Å². The van der Waals surface area contributed by atoms with Gasteiger partial charge in [-0.3, -0.25) is 0 Å². The summed E-state index contributed by atoms with van der Waals surface area (Å²) in [5, 5.41) is 7.40. The number of fused-ring (bicyclic) bond motifs is 1. The van der Waals surface area contributed by atoms with Crippen molar-refractivity contribution in [3.05, 3.63) is 119 Å². The van der Waals surface area contributed by atoms with Crippen molar-refractivity contribution >= 4 is 58.0 Å². The van der Waals surface area contributed by atoms with E-state index < -0.39 is 0 Å². The van der Waals surface area contributed by atoms with Gasteiger partial charge in [0.05, 0.1) is 0 Å². The summed E-state index contributed by atoms with van der Waals surface area (Å²) in [5.41, 5.74) is 9.86. The van der Waals surface area contributed by atoms with Crippen LogP contribution in [0.15, 0.2) is 80.4 Å². The van der Waals surface area contributed by atoms with Crippen molar-refractivity contribution in [1.29, 1.82) is 0 Å². The molecule has 0 radical (unpaired) electrons. The van der Waals surface area contributed by atoms with Crippen molar-refractivity contribution in [2.45, 2.75) is 25.7 Å². The lowest BCUT2D eigenvalue weighted by Gasteiger charge is -2.24. The van der Waals surface area contributed by atoms with Gasteiger partial charge in [0.2, 0.25) is 0 Å². The van der Waals surface area contributed by atoms with Gasteiger partial charge in [0.1, 0.15) is 0 Å². The minimum Gasteiger partial charge on any atom is -0.0984 e. The van der Waals surface area contributed by atoms with Crippen LogP contribution in [0.4, 0.5) is 0 Å². The maximum absolute atomic E-state index is 4.43. The Balaban J connectivity index is 1.83. The SMILES string of the molecule is C=Cc1c(C=C)c(-c2cc3c4c(ccc(=C)c4c2C=C)=CCC3)c2ccccc2c1C1=CC=CCC1. The zero-order valence-electron chi connectivity index (χ0n) is 20.7. The fourth-order valence-electron chi connectivity index (χ4n) is 6.29. The van der Waals surface area contributed by atoms with Crippen LogP contribution in [0.1, 0.15) is 47.1 Å². The first kappa shape index (κ1) is 22.3. The quantitative estimate of drug-likeness (QED) is 0.279. The first-order valence-corrected chi connectivity index (χ1v) is 12.8. The Kier molecular flexibility index (Phi) is 5.46. The van der Waals surface area contributed by atoms with Crippen LogP contribution in [0.5, 0.6) is 0 Å². The third-order valence-corrected chi connectivity index (χ3v) is 7.81. The highest BCUT2D eigenvalue weighted by atomic mass is 14.3. The van der Waals surface area contributed by atoms with Gasteiger partial charge in [-0.25, -0.2) is 0 Å². The fourth-order valence-corrected chi connectivity index (χ4v) is 6.29. The van der Waals surface area contributed by atoms with Crippen LogP contribution >= 0.6 is 0 Å². The van der Waals surface area contributed by atoms with E-state index in [1.165, 1.54) is 54.6 Å². The third-order valence-electron chi connectivity index (χ3n) is 7.81. The molecule has 0 heterocycles. The summed E-state index contributed by atoms with van der Waals surface area (Å²) >= 11 is 0. The highest BCUT2D eigenvalue weighted by Crippen LogP contribution is 2.45. The van der Waals surface area contributed by atoms with Crippen LogP contribution in [-0.2, 0) is 6.42 Å².